The maximum Gasteiger partial charge on any atom is 0.0593 e. The Morgan fingerprint density at radius 3 is 1.60 bits per heavy atom. The molecule has 0 saturated heterocycles. The van der Waals surface area contributed by atoms with Crippen molar-refractivity contribution in [3.05, 3.63) is 0 Å². The Labute approximate surface area is 92.5 Å². The second kappa shape index (κ2) is 5.28. The molecule has 0 aliphatic heterocycles. The molecule has 0 aromatic carbocycles. The highest BCUT2D eigenvalue weighted by Crippen LogP contribution is 2.26. The first-order valence-corrected chi connectivity index (χ1v) is 6.40. The van der Waals surface area contributed by atoms with Crippen molar-refractivity contribution >= 4 is 0 Å². The van der Waals surface area contributed by atoms with Crippen LogP contribution in [0.15, 0.2) is 0 Å². The Kier molecular flexibility index (Phi) is 4.00. The topological polar surface area (TPSA) is 61.3 Å². The van der Waals surface area contributed by atoms with Crippen LogP contribution in [0.5, 0.6) is 0 Å². The van der Waals surface area contributed by atoms with Gasteiger partial charge in [-0.2, -0.15) is 0 Å². The van der Waals surface area contributed by atoms with E-state index in [0.717, 1.165) is 12.8 Å². The van der Waals surface area contributed by atoms with Crippen LogP contribution in [0.3, 0.4) is 0 Å². The second-order valence-electron chi connectivity index (χ2n) is 5.23. The van der Waals surface area contributed by atoms with E-state index in [0.29, 0.717) is 24.3 Å². The van der Waals surface area contributed by atoms with E-state index in [-0.39, 0.29) is 0 Å². The zero-order valence-electron chi connectivity index (χ0n) is 9.53. The number of hydrogen-bond acceptors (Lipinski definition) is 3. The van der Waals surface area contributed by atoms with E-state index < -0.39 is 0 Å². The fourth-order valence-electron chi connectivity index (χ4n) is 2.88. The monoisotopic (exact) mass is 212 g/mol. The molecule has 0 spiro atoms. The minimum atomic E-state index is 0.362. The van der Waals surface area contributed by atoms with Crippen LogP contribution >= 0.6 is 0 Å². The van der Waals surface area contributed by atoms with Gasteiger partial charge in [0.2, 0.25) is 0 Å². The molecule has 0 aromatic rings. The number of hydrogen-bond donors (Lipinski definition) is 2. The minimum Gasteiger partial charge on any atom is -0.375 e. The lowest BCUT2D eigenvalue weighted by Gasteiger charge is -2.33. The first-order chi connectivity index (χ1) is 7.24. The molecule has 2 aliphatic carbocycles. The lowest BCUT2D eigenvalue weighted by atomic mass is 9.91. The fraction of sp³-hybridized carbons (Fsp3) is 1.00. The average molecular weight is 212 g/mol. The predicted molar refractivity (Wildman–Crippen MR) is 61.5 cm³/mol. The molecule has 4 N–H and O–H groups in total. The molecule has 4 atom stereocenters. The van der Waals surface area contributed by atoms with Gasteiger partial charge in [-0.25, -0.2) is 0 Å². The summed E-state index contributed by atoms with van der Waals surface area (Å²) in [5.41, 5.74) is 11.9. The number of nitrogens with two attached hydrogens (primary N) is 2. The molecule has 2 fully saturated rings. The molecule has 88 valence electrons. The lowest BCUT2D eigenvalue weighted by Crippen LogP contribution is -2.38. The van der Waals surface area contributed by atoms with Crippen LogP contribution in [0, 0.1) is 0 Å². The van der Waals surface area contributed by atoms with Crippen LogP contribution in [-0.2, 0) is 4.74 Å². The summed E-state index contributed by atoms with van der Waals surface area (Å²) >= 11 is 0. The SMILES string of the molecule is NC1CCCC(OC2CCCC(N)C2)C1. The molecule has 0 aromatic heterocycles. The summed E-state index contributed by atoms with van der Waals surface area (Å²) in [6, 6.07) is 0.724. The van der Waals surface area contributed by atoms with Gasteiger partial charge < -0.3 is 16.2 Å². The van der Waals surface area contributed by atoms with Gasteiger partial charge in [-0.1, -0.05) is 0 Å². The molecule has 2 aliphatic rings. The predicted octanol–water partition coefficient (Wildman–Crippen LogP) is 1.54. The average Bonchev–Trinajstić information content (AvgIpc) is 2.17. The van der Waals surface area contributed by atoms with Gasteiger partial charge in [0.05, 0.1) is 12.2 Å². The molecule has 4 unspecified atom stereocenters. The van der Waals surface area contributed by atoms with E-state index in [1.807, 2.05) is 0 Å². The third-order valence-electron chi connectivity index (χ3n) is 3.72. The summed E-state index contributed by atoms with van der Waals surface area (Å²) in [6.07, 6.45) is 10.1. The molecule has 2 saturated carbocycles. The Balaban J connectivity index is 1.75. The van der Waals surface area contributed by atoms with Crippen molar-refractivity contribution in [2.24, 2.45) is 11.5 Å². The maximum atomic E-state index is 6.11. The molecule has 2 rings (SSSR count). The maximum absolute atomic E-state index is 6.11. The van der Waals surface area contributed by atoms with Crippen LogP contribution < -0.4 is 11.5 Å². The van der Waals surface area contributed by atoms with Crippen LogP contribution in [0.4, 0.5) is 0 Å². The number of ether oxygens (including phenoxy) is 1. The van der Waals surface area contributed by atoms with E-state index in [9.17, 15) is 0 Å². The van der Waals surface area contributed by atoms with Gasteiger partial charge in [-0.3, -0.25) is 0 Å². The van der Waals surface area contributed by atoms with Crippen molar-refractivity contribution < 1.29 is 4.74 Å². The van der Waals surface area contributed by atoms with Crippen molar-refractivity contribution in [1.29, 1.82) is 0 Å². The first-order valence-electron chi connectivity index (χ1n) is 6.40. The van der Waals surface area contributed by atoms with Crippen molar-refractivity contribution in [1.82, 2.24) is 0 Å². The van der Waals surface area contributed by atoms with E-state index in [1.54, 1.807) is 0 Å². The fourth-order valence-corrected chi connectivity index (χ4v) is 2.88. The summed E-state index contributed by atoms with van der Waals surface area (Å²) in [5, 5.41) is 0. The van der Waals surface area contributed by atoms with Crippen molar-refractivity contribution in [2.75, 3.05) is 0 Å². The number of rotatable bonds is 2. The summed E-state index contributed by atoms with van der Waals surface area (Å²) in [4.78, 5) is 0. The Morgan fingerprint density at radius 1 is 0.733 bits per heavy atom. The zero-order chi connectivity index (χ0) is 10.7. The van der Waals surface area contributed by atoms with E-state index in [4.69, 9.17) is 16.2 Å². The second-order valence-corrected chi connectivity index (χ2v) is 5.23. The largest absolute Gasteiger partial charge is 0.375 e. The van der Waals surface area contributed by atoms with Gasteiger partial charge in [0.15, 0.2) is 0 Å². The Hall–Kier alpha value is -0.120. The van der Waals surface area contributed by atoms with E-state index in [1.165, 1.54) is 38.5 Å². The summed E-state index contributed by atoms with van der Waals surface area (Å²) in [5.74, 6) is 0. The summed E-state index contributed by atoms with van der Waals surface area (Å²) < 4.78 is 6.11. The summed E-state index contributed by atoms with van der Waals surface area (Å²) in [7, 11) is 0. The molecule has 0 radical (unpaired) electrons. The molecule has 0 heterocycles. The van der Waals surface area contributed by atoms with Crippen LogP contribution in [-0.4, -0.2) is 24.3 Å². The van der Waals surface area contributed by atoms with Crippen LogP contribution in [0.2, 0.25) is 0 Å². The highest BCUT2D eigenvalue weighted by molar-refractivity contribution is 4.80. The van der Waals surface area contributed by atoms with Gasteiger partial charge in [0.1, 0.15) is 0 Å². The highest BCUT2D eigenvalue weighted by Gasteiger charge is 2.26. The lowest BCUT2D eigenvalue weighted by molar-refractivity contribution is -0.0506. The van der Waals surface area contributed by atoms with E-state index in [2.05, 4.69) is 0 Å². The minimum absolute atomic E-state index is 0.362. The van der Waals surface area contributed by atoms with Crippen LogP contribution in [0.25, 0.3) is 0 Å². The van der Waals surface area contributed by atoms with Crippen molar-refractivity contribution in [2.45, 2.75) is 75.7 Å². The smallest absolute Gasteiger partial charge is 0.0593 e. The zero-order valence-corrected chi connectivity index (χ0v) is 9.53. The summed E-state index contributed by atoms with van der Waals surface area (Å²) in [6.45, 7) is 0. The molecular formula is C12H24N2O. The molecular weight excluding hydrogens is 188 g/mol. The molecule has 0 amide bonds. The van der Waals surface area contributed by atoms with Gasteiger partial charge >= 0.3 is 0 Å². The first kappa shape index (κ1) is 11.4. The van der Waals surface area contributed by atoms with Gasteiger partial charge in [-0.05, 0) is 51.4 Å². The van der Waals surface area contributed by atoms with Gasteiger partial charge in [0.25, 0.3) is 0 Å². The quantitative estimate of drug-likeness (QED) is 0.730. The van der Waals surface area contributed by atoms with Crippen molar-refractivity contribution in [3.63, 3.8) is 0 Å². The van der Waals surface area contributed by atoms with Crippen LogP contribution in [0.1, 0.15) is 51.4 Å². The van der Waals surface area contributed by atoms with E-state index >= 15 is 0 Å². The molecule has 3 nitrogen and oxygen atoms in total. The Morgan fingerprint density at radius 2 is 1.20 bits per heavy atom. The van der Waals surface area contributed by atoms with Gasteiger partial charge in [-0.15, -0.1) is 0 Å². The molecule has 0 bridgehead atoms. The molecule has 15 heavy (non-hydrogen) atoms. The standard InChI is InChI=1S/C12H24N2O/c13-9-3-1-5-11(7-9)15-12-6-2-4-10(14)8-12/h9-12H,1-8,13-14H2. The molecule has 3 heteroatoms. The van der Waals surface area contributed by atoms with Crippen molar-refractivity contribution in [3.8, 4) is 0 Å². The highest BCUT2D eigenvalue weighted by atomic mass is 16.5. The third-order valence-corrected chi connectivity index (χ3v) is 3.72. The van der Waals surface area contributed by atoms with Gasteiger partial charge in [0, 0.05) is 12.1 Å². The Bertz CT molecular complexity index is 178. The third kappa shape index (κ3) is 3.44. The normalized spacial score (nSPS) is 42.8.